The molecule has 0 unspecified atom stereocenters. The number of amides is 3. The fourth-order valence-electron chi connectivity index (χ4n) is 3.49. The van der Waals surface area contributed by atoms with Gasteiger partial charge in [-0.2, -0.15) is 0 Å². The van der Waals surface area contributed by atoms with Crippen LogP contribution in [0.1, 0.15) is 65.7 Å². The summed E-state index contributed by atoms with van der Waals surface area (Å²) in [7, 11) is 0. The first kappa shape index (κ1) is 15.3. The molecule has 0 atom stereocenters. The van der Waals surface area contributed by atoms with Crippen LogP contribution >= 0.6 is 11.3 Å². The Hall–Kier alpha value is -1.56. The number of nitrogens with one attached hydrogen (secondary N) is 2. The Morgan fingerprint density at radius 1 is 1.05 bits per heavy atom. The van der Waals surface area contributed by atoms with Gasteiger partial charge in [0.1, 0.15) is 5.00 Å². The summed E-state index contributed by atoms with van der Waals surface area (Å²) in [4.78, 5) is 25.2. The van der Waals surface area contributed by atoms with E-state index in [4.69, 9.17) is 5.73 Å². The number of urea groups is 1. The summed E-state index contributed by atoms with van der Waals surface area (Å²) in [5.41, 5.74) is 7.12. The van der Waals surface area contributed by atoms with Crippen LogP contribution in [0.2, 0.25) is 0 Å². The molecule has 4 N–H and O–H groups in total. The van der Waals surface area contributed by atoms with E-state index in [2.05, 4.69) is 10.6 Å². The largest absolute Gasteiger partial charge is 0.365 e. The Morgan fingerprint density at radius 2 is 1.77 bits per heavy atom. The van der Waals surface area contributed by atoms with E-state index >= 15 is 0 Å². The van der Waals surface area contributed by atoms with Crippen LogP contribution in [0.4, 0.5) is 9.80 Å². The molecule has 3 amide bonds. The van der Waals surface area contributed by atoms with Gasteiger partial charge in [-0.15, -0.1) is 11.3 Å². The zero-order chi connectivity index (χ0) is 15.5. The van der Waals surface area contributed by atoms with E-state index in [-0.39, 0.29) is 12.1 Å². The lowest BCUT2D eigenvalue weighted by molar-refractivity contribution is 0.100. The lowest BCUT2D eigenvalue weighted by Crippen LogP contribution is -2.39. The third kappa shape index (κ3) is 3.27. The SMILES string of the molecule is NC(=O)c1c(NC(=O)NC2CCCCC2)sc2c1CCCC2. The van der Waals surface area contributed by atoms with Crippen molar-refractivity contribution in [1.82, 2.24) is 5.32 Å². The molecule has 2 aliphatic carbocycles. The van der Waals surface area contributed by atoms with Crippen LogP contribution in [0.25, 0.3) is 0 Å². The van der Waals surface area contributed by atoms with E-state index < -0.39 is 5.91 Å². The smallest absolute Gasteiger partial charge is 0.320 e. The Morgan fingerprint density at radius 3 is 2.50 bits per heavy atom. The maximum atomic E-state index is 12.2. The average Bonchev–Trinajstić information content (AvgIpc) is 2.85. The van der Waals surface area contributed by atoms with Crippen molar-refractivity contribution in [3.8, 4) is 0 Å². The minimum absolute atomic E-state index is 0.215. The normalized spacial score (nSPS) is 18.5. The fourth-order valence-corrected chi connectivity index (χ4v) is 4.78. The molecule has 1 aromatic heterocycles. The first-order valence-corrected chi connectivity index (χ1v) is 8.98. The van der Waals surface area contributed by atoms with Crippen LogP contribution in [0.5, 0.6) is 0 Å². The number of hydrogen-bond donors (Lipinski definition) is 3. The summed E-state index contributed by atoms with van der Waals surface area (Å²) in [5, 5.41) is 6.50. The van der Waals surface area contributed by atoms with Crippen molar-refractivity contribution < 1.29 is 9.59 Å². The van der Waals surface area contributed by atoms with Gasteiger partial charge in [-0.05, 0) is 44.1 Å². The predicted molar refractivity (Wildman–Crippen MR) is 88.5 cm³/mol. The quantitative estimate of drug-likeness (QED) is 0.799. The molecule has 120 valence electrons. The van der Waals surface area contributed by atoms with Crippen molar-refractivity contribution in [1.29, 1.82) is 0 Å². The molecule has 5 nitrogen and oxygen atoms in total. The molecule has 1 heterocycles. The minimum atomic E-state index is -0.438. The first-order valence-electron chi connectivity index (χ1n) is 8.17. The molecule has 22 heavy (non-hydrogen) atoms. The topological polar surface area (TPSA) is 84.2 Å². The van der Waals surface area contributed by atoms with Crippen molar-refractivity contribution in [2.45, 2.75) is 63.8 Å². The average molecular weight is 321 g/mol. The van der Waals surface area contributed by atoms with Crippen LogP contribution in [-0.2, 0) is 12.8 Å². The molecule has 0 spiro atoms. The summed E-state index contributed by atoms with van der Waals surface area (Å²) in [6, 6.07) is 0.0355. The molecule has 0 aromatic carbocycles. The predicted octanol–water partition coefficient (Wildman–Crippen LogP) is 3.18. The van der Waals surface area contributed by atoms with Gasteiger partial charge in [0.25, 0.3) is 5.91 Å². The van der Waals surface area contributed by atoms with Crippen LogP contribution in [0, 0.1) is 0 Å². The van der Waals surface area contributed by atoms with Crippen LogP contribution in [0.15, 0.2) is 0 Å². The van der Waals surface area contributed by atoms with E-state index in [0.717, 1.165) is 44.1 Å². The van der Waals surface area contributed by atoms with Gasteiger partial charge in [-0.25, -0.2) is 4.79 Å². The van der Waals surface area contributed by atoms with Crippen LogP contribution in [0.3, 0.4) is 0 Å². The molecule has 1 fully saturated rings. The van der Waals surface area contributed by atoms with Crippen molar-refractivity contribution in [2.75, 3.05) is 5.32 Å². The third-order valence-electron chi connectivity index (χ3n) is 4.59. The molecule has 6 heteroatoms. The maximum Gasteiger partial charge on any atom is 0.320 e. The van der Waals surface area contributed by atoms with E-state index in [9.17, 15) is 9.59 Å². The van der Waals surface area contributed by atoms with Gasteiger partial charge < -0.3 is 11.1 Å². The zero-order valence-corrected chi connectivity index (χ0v) is 13.6. The van der Waals surface area contributed by atoms with Gasteiger partial charge in [0.15, 0.2) is 0 Å². The monoisotopic (exact) mass is 321 g/mol. The summed E-state index contributed by atoms with van der Waals surface area (Å²) in [6.07, 6.45) is 9.76. The summed E-state index contributed by atoms with van der Waals surface area (Å²) in [6.45, 7) is 0. The molecule has 3 rings (SSSR count). The lowest BCUT2D eigenvalue weighted by Gasteiger charge is -2.22. The number of aryl methyl sites for hydroxylation is 1. The highest BCUT2D eigenvalue weighted by atomic mass is 32.1. The number of rotatable bonds is 3. The maximum absolute atomic E-state index is 12.2. The number of nitrogens with two attached hydrogens (primary N) is 1. The highest BCUT2D eigenvalue weighted by molar-refractivity contribution is 7.17. The molecule has 1 saturated carbocycles. The number of fused-ring (bicyclic) bond motifs is 1. The number of thiophene rings is 1. The van der Waals surface area contributed by atoms with Crippen molar-refractivity contribution in [3.05, 3.63) is 16.0 Å². The second-order valence-corrected chi connectivity index (χ2v) is 7.32. The Balaban J connectivity index is 1.72. The van der Waals surface area contributed by atoms with E-state index in [0.29, 0.717) is 10.6 Å². The van der Waals surface area contributed by atoms with Gasteiger partial charge in [-0.3, -0.25) is 10.1 Å². The standard InChI is InChI=1S/C16H23N3O2S/c17-14(20)13-11-8-4-5-9-12(11)22-15(13)19-16(21)18-10-6-2-1-3-7-10/h10H,1-9H2,(H2,17,20)(H2,18,19,21). The highest BCUT2D eigenvalue weighted by Gasteiger charge is 2.25. The van der Waals surface area contributed by atoms with Gasteiger partial charge in [0.05, 0.1) is 5.56 Å². The van der Waals surface area contributed by atoms with Gasteiger partial charge in [0.2, 0.25) is 0 Å². The molecule has 0 saturated heterocycles. The van der Waals surface area contributed by atoms with Gasteiger partial charge in [0, 0.05) is 10.9 Å². The van der Waals surface area contributed by atoms with Crippen LogP contribution < -0.4 is 16.4 Å². The van der Waals surface area contributed by atoms with Gasteiger partial charge in [-0.1, -0.05) is 19.3 Å². The Kier molecular flexibility index (Phi) is 4.66. The molecule has 0 aliphatic heterocycles. The van der Waals surface area contributed by atoms with Crippen molar-refractivity contribution in [3.63, 3.8) is 0 Å². The van der Waals surface area contributed by atoms with Crippen molar-refractivity contribution >= 4 is 28.3 Å². The van der Waals surface area contributed by atoms with E-state index in [1.807, 2.05) is 0 Å². The number of carbonyl (C=O) groups is 2. The Labute approximate surface area is 134 Å². The van der Waals surface area contributed by atoms with Gasteiger partial charge >= 0.3 is 6.03 Å². The highest BCUT2D eigenvalue weighted by Crippen LogP contribution is 2.37. The second-order valence-electron chi connectivity index (χ2n) is 6.21. The summed E-state index contributed by atoms with van der Waals surface area (Å²) >= 11 is 1.51. The van der Waals surface area contributed by atoms with E-state index in [1.165, 1.54) is 35.5 Å². The van der Waals surface area contributed by atoms with Crippen LogP contribution in [-0.4, -0.2) is 18.0 Å². The third-order valence-corrected chi connectivity index (χ3v) is 5.79. The molecule has 1 aromatic rings. The summed E-state index contributed by atoms with van der Waals surface area (Å²) < 4.78 is 0. The Bertz CT molecular complexity index is 576. The minimum Gasteiger partial charge on any atom is -0.365 e. The van der Waals surface area contributed by atoms with E-state index in [1.54, 1.807) is 0 Å². The molecule has 0 radical (unpaired) electrons. The molecular weight excluding hydrogens is 298 g/mol. The zero-order valence-electron chi connectivity index (χ0n) is 12.7. The first-order chi connectivity index (χ1) is 10.6. The number of hydrogen-bond acceptors (Lipinski definition) is 3. The number of anilines is 1. The molecular formula is C16H23N3O2S. The van der Waals surface area contributed by atoms with Crippen molar-refractivity contribution in [2.24, 2.45) is 5.73 Å². The fraction of sp³-hybridized carbons (Fsp3) is 0.625. The molecule has 0 bridgehead atoms. The number of carbonyl (C=O) groups excluding carboxylic acids is 2. The second kappa shape index (κ2) is 6.69. The number of primary amides is 1. The summed E-state index contributed by atoms with van der Waals surface area (Å²) in [5.74, 6) is -0.438. The molecule has 2 aliphatic rings. The lowest BCUT2D eigenvalue weighted by atomic mass is 9.95.